The van der Waals surface area contributed by atoms with Crippen LogP contribution in [0.15, 0.2) is 0 Å². The number of rotatable bonds is 2. The molecule has 1 nitrogen and oxygen atoms in total. The second kappa shape index (κ2) is 15.7. The van der Waals surface area contributed by atoms with Gasteiger partial charge in [0.15, 0.2) is 0 Å². The van der Waals surface area contributed by atoms with Crippen molar-refractivity contribution in [1.29, 1.82) is 0 Å². The molecule has 0 aromatic heterocycles. The Morgan fingerprint density at radius 3 is 1.63 bits per heavy atom. The molecule has 0 aromatic carbocycles. The van der Waals surface area contributed by atoms with Crippen LogP contribution < -0.4 is 0 Å². The number of hydrogen-bond acceptors (Lipinski definition) is 1. The second-order valence-corrected chi connectivity index (χ2v) is 13.5. The summed E-state index contributed by atoms with van der Waals surface area (Å²) in [5, 5.41) is 0. The van der Waals surface area contributed by atoms with Crippen LogP contribution in [0, 0.1) is 63.7 Å². The largest absolute Gasteiger partial charge is 2.00 e. The van der Waals surface area contributed by atoms with Gasteiger partial charge in [0.25, 0.3) is 0 Å². The Bertz CT molecular complexity index is 154. The van der Waals surface area contributed by atoms with Crippen LogP contribution in [0.3, 0.4) is 0 Å². The molecule has 0 unspecified atom stereocenters. The summed E-state index contributed by atoms with van der Waals surface area (Å²) in [6.07, 6.45) is 19.2. The van der Waals surface area contributed by atoms with Gasteiger partial charge in [-0.05, 0) is 52.7 Å². The zero-order valence-corrected chi connectivity index (χ0v) is 16.6. The van der Waals surface area contributed by atoms with Crippen LogP contribution in [-0.4, -0.2) is 45.3 Å². The summed E-state index contributed by atoms with van der Waals surface area (Å²) >= 11 is -0.543. The Morgan fingerprint density at radius 2 is 1.37 bits per heavy atom. The third-order valence-electron chi connectivity index (χ3n) is 1.70. The SMILES string of the molecule is CN(C)C[C]1[C-][CH][CH][CH]1.[CH3][Sn+]([CH3])[CH3].[CH]1[CH][CH][CH][CH]1.[Fe+2]. The molecule has 0 heterocycles. The van der Waals surface area contributed by atoms with Crippen LogP contribution in [0.5, 0.6) is 0 Å². The van der Waals surface area contributed by atoms with Gasteiger partial charge in [0.05, 0.1) is 0 Å². The first-order valence-electron chi connectivity index (χ1n) is 6.22. The van der Waals surface area contributed by atoms with Crippen molar-refractivity contribution in [3.05, 3.63) is 63.7 Å². The van der Waals surface area contributed by atoms with Gasteiger partial charge in [0.2, 0.25) is 0 Å². The van der Waals surface area contributed by atoms with Crippen LogP contribution >= 0.6 is 0 Å². The van der Waals surface area contributed by atoms with Crippen molar-refractivity contribution < 1.29 is 17.1 Å². The zero-order chi connectivity index (χ0) is 13.8. The smallest absolute Gasteiger partial charge is 0.0312 e. The maximum Gasteiger partial charge on any atom is 2.00 e. The molecule has 104 valence electrons. The van der Waals surface area contributed by atoms with Gasteiger partial charge in [-0.15, -0.1) is 0 Å². The van der Waals surface area contributed by atoms with Gasteiger partial charge in [0, 0.05) is 0 Å². The van der Waals surface area contributed by atoms with Crippen LogP contribution in [0.4, 0.5) is 0 Å². The van der Waals surface area contributed by atoms with E-state index in [9.17, 15) is 0 Å². The summed E-state index contributed by atoms with van der Waals surface area (Å²) < 4.78 is 0. The van der Waals surface area contributed by atoms with Crippen LogP contribution in [0.2, 0.25) is 14.8 Å². The average Bonchev–Trinajstić information content (AvgIpc) is 2.89. The molecule has 10 radical (unpaired) electrons. The van der Waals surface area contributed by atoms with Gasteiger partial charge >= 0.3 is 51.6 Å². The quantitative estimate of drug-likeness (QED) is 0.503. The van der Waals surface area contributed by atoms with Gasteiger partial charge in [0.1, 0.15) is 0 Å². The van der Waals surface area contributed by atoms with E-state index in [1.807, 2.05) is 44.9 Å². The molecule has 2 saturated carbocycles. The van der Waals surface area contributed by atoms with E-state index < -0.39 is 19.8 Å². The topological polar surface area (TPSA) is 3.24 Å². The van der Waals surface area contributed by atoms with Gasteiger partial charge in [-0.3, -0.25) is 0 Å². The molecule has 2 rings (SSSR count). The molecule has 0 N–H and O–H groups in total. The summed E-state index contributed by atoms with van der Waals surface area (Å²) in [7, 11) is 4.11. The van der Waals surface area contributed by atoms with Crippen LogP contribution in [-0.2, 0) is 17.1 Å². The second-order valence-electron chi connectivity index (χ2n) is 4.90. The Morgan fingerprint density at radius 1 is 0.947 bits per heavy atom. The minimum absolute atomic E-state index is 0. The molecule has 0 aliphatic heterocycles. The summed E-state index contributed by atoms with van der Waals surface area (Å²) in [5.41, 5.74) is 0. The van der Waals surface area contributed by atoms with Crippen molar-refractivity contribution >= 4 is 19.8 Å². The maximum atomic E-state index is 3.13. The zero-order valence-electron chi connectivity index (χ0n) is 12.6. The first-order chi connectivity index (χ1) is 8.52. The van der Waals surface area contributed by atoms with Gasteiger partial charge in [-0.2, -0.15) is 5.92 Å². The fraction of sp³-hybridized carbons (Fsp3) is 0.375. The normalized spacial score (nSPS) is 18.0. The number of nitrogens with zero attached hydrogens (tertiary/aromatic N) is 1. The van der Waals surface area contributed by atoms with E-state index in [2.05, 4.69) is 46.7 Å². The molecule has 2 fully saturated rings. The minimum atomic E-state index is -0.543. The Labute approximate surface area is 140 Å². The Kier molecular flexibility index (Phi) is 18.6. The fourth-order valence-corrected chi connectivity index (χ4v) is 1.13. The molecule has 0 amide bonds. The van der Waals surface area contributed by atoms with E-state index in [4.69, 9.17) is 0 Å². The molecule has 0 aromatic rings. The summed E-state index contributed by atoms with van der Waals surface area (Å²) in [5.74, 6) is 1.26. The fourth-order valence-electron chi connectivity index (χ4n) is 1.13. The number of hydrogen-bond donors (Lipinski definition) is 0. The van der Waals surface area contributed by atoms with E-state index >= 15 is 0 Å². The molecule has 2 aliphatic rings. The van der Waals surface area contributed by atoms with E-state index in [1.54, 1.807) is 0 Å². The van der Waals surface area contributed by atoms with E-state index in [0.29, 0.717) is 0 Å². The summed E-state index contributed by atoms with van der Waals surface area (Å²) in [6.45, 7) is 0.993. The maximum absolute atomic E-state index is 3.13. The Hall–Kier alpha value is 1.28. The van der Waals surface area contributed by atoms with Crippen LogP contribution in [0.1, 0.15) is 0 Å². The standard InChI is InChI=1S/C8H11N.C5H5.3CH3.Fe.Sn/c1-9(2)7-8-5-3-4-6-8;1-2-4-5-3-1;;;;;/h3-5H,7H2,1-2H3;1-5H;3*1H3;;/q-1;;;;;+2;+1. The van der Waals surface area contributed by atoms with Crippen molar-refractivity contribution in [3.63, 3.8) is 0 Å². The van der Waals surface area contributed by atoms with E-state index in [-0.39, 0.29) is 17.1 Å². The minimum Gasteiger partial charge on any atom is -0.0312 e. The molecule has 2 aliphatic carbocycles. The molecule has 3 heteroatoms. The molecule has 0 saturated heterocycles. The predicted molar refractivity (Wildman–Crippen MR) is 82.8 cm³/mol. The van der Waals surface area contributed by atoms with Crippen molar-refractivity contribution in [3.8, 4) is 0 Å². The van der Waals surface area contributed by atoms with Crippen molar-refractivity contribution in [2.45, 2.75) is 14.8 Å². The third kappa shape index (κ3) is 19.3. The van der Waals surface area contributed by atoms with Gasteiger partial charge in [-0.25, -0.2) is 6.42 Å². The monoisotopic (exact) mass is 407 g/mol. The van der Waals surface area contributed by atoms with Crippen LogP contribution in [0.25, 0.3) is 0 Å². The van der Waals surface area contributed by atoms with Crippen molar-refractivity contribution in [1.82, 2.24) is 4.90 Å². The van der Waals surface area contributed by atoms with Crippen molar-refractivity contribution in [2.75, 3.05) is 20.6 Å². The van der Waals surface area contributed by atoms with Gasteiger partial charge < -0.3 is 11.3 Å². The molecule has 0 bridgehead atoms. The summed E-state index contributed by atoms with van der Waals surface area (Å²) in [6, 6.07) is 0. The first-order valence-corrected chi connectivity index (χ1v) is 14.8. The van der Waals surface area contributed by atoms with Gasteiger partial charge in [-0.1, -0.05) is 12.8 Å². The predicted octanol–water partition coefficient (Wildman–Crippen LogP) is 3.22. The van der Waals surface area contributed by atoms with E-state index in [1.165, 1.54) is 5.92 Å². The summed E-state index contributed by atoms with van der Waals surface area (Å²) in [4.78, 5) is 9.22. The molecular weight excluding hydrogens is 381 g/mol. The van der Waals surface area contributed by atoms with Crippen molar-refractivity contribution in [2.24, 2.45) is 0 Å². The molecule has 0 atom stereocenters. The molecule has 19 heavy (non-hydrogen) atoms. The van der Waals surface area contributed by atoms with E-state index in [0.717, 1.165) is 6.54 Å². The first kappa shape index (κ1) is 22.6. The molecule has 0 spiro atoms. The average molecular weight is 406 g/mol. The Balaban J connectivity index is 0. The molecular formula is C16H25FeNSn+2. The third-order valence-corrected chi connectivity index (χ3v) is 1.70.